The largest absolute Gasteiger partial charge is 0.497 e. The Morgan fingerprint density at radius 3 is 2.83 bits per heavy atom. The Bertz CT molecular complexity index is 248. The van der Waals surface area contributed by atoms with Crippen LogP contribution in [0.25, 0.3) is 0 Å². The normalized spacial score (nSPS) is 10.3. The van der Waals surface area contributed by atoms with E-state index in [-0.39, 0.29) is 0 Å². The molecular formula is C9H13NO2. The first kappa shape index (κ1) is 9.03. The van der Waals surface area contributed by atoms with E-state index in [1.165, 1.54) is 0 Å². The Morgan fingerprint density at radius 1 is 1.50 bits per heavy atom. The molecule has 0 heterocycles. The van der Waals surface area contributed by atoms with Crippen LogP contribution in [0.15, 0.2) is 24.3 Å². The summed E-state index contributed by atoms with van der Waals surface area (Å²) in [5.41, 5.74) is 1.03. The van der Waals surface area contributed by atoms with Gasteiger partial charge in [-0.1, -0.05) is 12.1 Å². The summed E-state index contributed by atoms with van der Waals surface area (Å²) in [7, 11) is 3.24. The number of ether oxygens (including phenoxy) is 1. The molecular weight excluding hydrogens is 154 g/mol. The van der Waals surface area contributed by atoms with E-state index in [0.29, 0.717) is 6.54 Å². The molecule has 1 rings (SSSR count). The molecule has 0 fully saturated rings. The summed E-state index contributed by atoms with van der Waals surface area (Å²) in [6.45, 7) is 0.511. The maximum Gasteiger partial charge on any atom is 0.119 e. The summed E-state index contributed by atoms with van der Waals surface area (Å²) in [6.07, 6.45) is 0. The van der Waals surface area contributed by atoms with E-state index in [1.807, 2.05) is 24.3 Å². The number of benzene rings is 1. The number of hydrogen-bond donors (Lipinski definition) is 1. The maximum atomic E-state index is 8.96. The van der Waals surface area contributed by atoms with E-state index < -0.39 is 0 Å². The molecule has 66 valence electrons. The quantitative estimate of drug-likeness (QED) is 0.693. The summed E-state index contributed by atoms with van der Waals surface area (Å²) in [5.74, 6) is 0.814. The van der Waals surface area contributed by atoms with Crippen molar-refractivity contribution in [3.05, 3.63) is 29.8 Å². The van der Waals surface area contributed by atoms with E-state index in [4.69, 9.17) is 9.94 Å². The van der Waals surface area contributed by atoms with E-state index >= 15 is 0 Å². The first-order valence-electron chi connectivity index (χ1n) is 3.75. The van der Waals surface area contributed by atoms with Crippen molar-refractivity contribution in [3.8, 4) is 5.75 Å². The van der Waals surface area contributed by atoms with Crippen LogP contribution in [0.4, 0.5) is 0 Å². The second-order valence-corrected chi connectivity index (χ2v) is 2.67. The lowest BCUT2D eigenvalue weighted by Gasteiger charge is -2.08. The molecule has 12 heavy (non-hydrogen) atoms. The lowest BCUT2D eigenvalue weighted by molar-refractivity contribution is -0.0731. The predicted octanol–water partition coefficient (Wildman–Crippen LogP) is 1.52. The van der Waals surface area contributed by atoms with Crippen LogP contribution in [0.3, 0.4) is 0 Å². The molecule has 0 spiro atoms. The number of hydroxylamine groups is 2. The van der Waals surface area contributed by atoms with Crippen LogP contribution < -0.4 is 4.74 Å². The SMILES string of the molecule is COc1cccc(CN(C)O)c1. The average molecular weight is 167 g/mol. The second kappa shape index (κ2) is 4.09. The Hall–Kier alpha value is -1.06. The molecule has 0 atom stereocenters. The first-order valence-corrected chi connectivity index (χ1v) is 3.75. The Kier molecular flexibility index (Phi) is 3.08. The van der Waals surface area contributed by atoms with Gasteiger partial charge in [0.15, 0.2) is 0 Å². The van der Waals surface area contributed by atoms with E-state index in [1.54, 1.807) is 14.2 Å². The predicted molar refractivity (Wildman–Crippen MR) is 46.2 cm³/mol. The van der Waals surface area contributed by atoms with Gasteiger partial charge in [0, 0.05) is 13.6 Å². The van der Waals surface area contributed by atoms with Gasteiger partial charge in [-0.15, -0.1) is 0 Å². The molecule has 0 saturated heterocycles. The Morgan fingerprint density at radius 2 is 2.25 bits per heavy atom. The molecule has 1 aromatic carbocycles. The second-order valence-electron chi connectivity index (χ2n) is 2.67. The maximum absolute atomic E-state index is 8.96. The average Bonchev–Trinajstić information content (AvgIpc) is 2.03. The number of methoxy groups -OCH3 is 1. The van der Waals surface area contributed by atoms with Crippen LogP contribution in [-0.4, -0.2) is 24.4 Å². The third-order valence-electron chi connectivity index (χ3n) is 1.55. The van der Waals surface area contributed by atoms with Crippen molar-refractivity contribution < 1.29 is 9.94 Å². The number of hydrogen-bond acceptors (Lipinski definition) is 3. The van der Waals surface area contributed by atoms with Gasteiger partial charge in [0.05, 0.1) is 7.11 Å². The fourth-order valence-electron chi connectivity index (χ4n) is 1.04. The molecule has 1 aromatic rings. The van der Waals surface area contributed by atoms with Crippen molar-refractivity contribution >= 4 is 0 Å². The van der Waals surface area contributed by atoms with Gasteiger partial charge < -0.3 is 9.94 Å². The zero-order valence-corrected chi connectivity index (χ0v) is 7.32. The van der Waals surface area contributed by atoms with Crippen LogP contribution in [0.5, 0.6) is 5.75 Å². The van der Waals surface area contributed by atoms with E-state index in [2.05, 4.69) is 0 Å². The zero-order chi connectivity index (χ0) is 8.97. The molecule has 0 saturated carbocycles. The minimum Gasteiger partial charge on any atom is -0.497 e. The fourth-order valence-corrected chi connectivity index (χ4v) is 1.04. The molecule has 0 aliphatic carbocycles. The van der Waals surface area contributed by atoms with Gasteiger partial charge in [-0.2, -0.15) is 5.06 Å². The van der Waals surface area contributed by atoms with Gasteiger partial charge in [-0.25, -0.2) is 0 Å². The van der Waals surface area contributed by atoms with Crippen molar-refractivity contribution in [2.24, 2.45) is 0 Å². The standard InChI is InChI=1S/C9H13NO2/c1-10(11)7-8-4-3-5-9(6-8)12-2/h3-6,11H,7H2,1-2H3. The van der Waals surface area contributed by atoms with Crippen LogP contribution in [0, 0.1) is 0 Å². The zero-order valence-electron chi connectivity index (χ0n) is 7.32. The van der Waals surface area contributed by atoms with E-state index in [9.17, 15) is 0 Å². The lowest BCUT2D eigenvalue weighted by Crippen LogP contribution is -2.11. The van der Waals surface area contributed by atoms with Crippen LogP contribution in [0.2, 0.25) is 0 Å². The molecule has 0 unspecified atom stereocenters. The highest BCUT2D eigenvalue weighted by Crippen LogP contribution is 2.12. The molecule has 3 heteroatoms. The molecule has 0 aromatic heterocycles. The Balaban J connectivity index is 2.72. The molecule has 1 N–H and O–H groups in total. The minimum atomic E-state index is 0.511. The third-order valence-corrected chi connectivity index (χ3v) is 1.55. The smallest absolute Gasteiger partial charge is 0.119 e. The van der Waals surface area contributed by atoms with E-state index in [0.717, 1.165) is 16.4 Å². The fraction of sp³-hybridized carbons (Fsp3) is 0.333. The molecule has 3 nitrogen and oxygen atoms in total. The Labute approximate surface area is 72.1 Å². The molecule has 0 bridgehead atoms. The van der Waals surface area contributed by atoms with Gasteiger partial charge in [-0.3, -0.25) is 0 Å². The van der Waals surface area contributed by atoms with Crippen LogP contribution in [-0.2, 0) is 6.54 Å². The van der Waals surface area contributed by atoms with Gasteiger partial charge in [0.2, 0.25) is 0 Å². The monoisotopic (exact) mass is 167 g/mol. The number of rotatable bonds is 3. The van der Waals surface area contributed by atoms with Crippen molar-refractivity contribution in [3.63, 3.8) is 0 Å². The highest BCUT2D eigenvalue weighted by atomic mass is 16.5. The molecule has 0 aliphatic rings. The van der Waals surface area contributed by atoms with Crippen molar-refractivity contribution in [1.82, 2.24) is 5.06 Å². The molecule has 0 radical (unpaired) electrons. The lowest BCUT2D eigenvalue weighted by atomic mass is 10.2. The highest BCUT2D eigenvalue weighted by Gasteiger charge is 1.97. The van der Waals surface area contributed by atoms with Gasteiger partial charge in [0.1, 0.15) is 5.75 Å². The molecule has 0 aliphatic heterocycles. The summed E-state index contributed by atoms with van der Waals surface area (Å²) < 4.78 is 5.04. The van der Waals surface area contributed by atoms with Gasteiger partial charge in [-0.05, 0) is 17.7 Å². The minimum absolute atomic E-state index is 0.511. The van der Waals surface area contributed by atoms with Crippen molar-refractivity contribution in [2.45, 2.75) is 6.54 Å². The summed E-state index contributed by atoms with van der Waals surface area (Å²) >= 11 is 0. The van der Waals surface area contributed by atoms with Gasteiger partial charge in [0.25, 0.3) is 0 Å². The van der Waals surface area contributed by atoms with Crippen LogP contribution >= 0.6 is 0 Å². The molecule has 0 amide bonds. The summed E-state index contributed by atoms with van der Waals surface area (Å²) in [5, 5.41) is 10.1. The summed E-state index contributed by atoms with van der Waals surface area (Å²) in [4.78, 5) is 0. The third kappa shape index (κ3) is 2.53. The topological polar surface area (TPSA) is 32.7 Å². The van der Waals surface area contributed by atoms with Crippen molar-refractivity contribution in [2.75, 3.05) is 14.2 Å². The van der Waals surface area contributed by atoms with Crippen LogP contribution in [0.1, 0.15) is 5.56 Å². The summed E-state index contributed by atoms with van der Waals surface area (Å²) in [6, 6.07) is 7.61. The van der Waals surface area contributed by atoms with Gasteiger partial charge >= 0.3 is 0 Å². The van der Waals surface area contributed by atoms with Crippen molar-refractivity contribution in [1.29, 1.82) is 0 Å². The first-order chi connectivity index (χ1) is 5.72. The highest BCUT2D eigenvalue weighted by molar-refractivity contribution is 5.28. The number of nitrogens with zero attached hydrogens (tertiary/aromatic N) is 1.